The van der Waals surface area contributed by atoms with E-state index in [0.29, 0.717) is 17.9 Å². The van der Waals surface area contributed by atoms with Crippen LogP contribution in [0, 0.1) is 0 Å². The lowest BCUT2D eigenvalue weighted by Gasteiger charge is -2.13. The van der Waals surface area contributed by atoms with Crippen LogP contribution in [0.25, 0.3) is 0 Å². The lowest BCUT2D eigenvalue weighted by molar-refractivity contribution is -0.148. The van der Waals surface area contributed by atoms with Crippen LogP contribution in [0.5, 0.6) is 11.5 Å². The van der Waals surface area contributed by atoms with Crippen LogP contribution in [0.15, 0.2) is 24.3 Å². The molecule has 0 aliphatic heterocycles. The quantitative estimate of drug-likeness (QED) is 0.343. The van der Waals surface area contributed by atoms with Gasteiger partial charge in [-0.1, -0.05) is 31.9 Å². The number of esters is 2. The second-order valence-corrected chi connectivity index (χ2v) is 5.77. The first-order valence-electron chi connectivity index (χ1n) is 8.60. The second-order valence-electron chi connectivity index (χ2n) is 5.77. The molecule has 1 aromatic carbocycles. The number of carbonyl (C=O) groups excluding carboxylic acids is 2. The summed E-state index contributed by atoms with van der Waals surface area (Å²) in [4.78, 5) is 23.6. The van der Waals surface area contributed by atoms with Crippen molar-refractivity contribution in [1.82, 2.24) is 0 Å². The summed E-state index contributed by atoms with van der Waals surface area (Å²) in [6, 6.07) is 6.96. The number of para-hydroxylation sites is 2. The van der Waals surface area contributed by atoms with Gasteiger partial charge in [0.1, 0.15) is 0 Å². The van der Waals surface area contributed by atoms with Crippen molar-refractivity contribution in [3.05, 3.63) is 24.3 Å². The zero-order valence-corrected chi connectivity index (χ0v) is 14.9. The van der Waals surface area contributed by atoms with Crippen LogP contribution in [-0.4, -0.2) is 25.2 Å². The first-order valence-corrected chi connectivity index (χ1v) is 8.60. The number of benzene rings is 1. The number of rotatable bonds is 11. The summed E-state index contributed by atoms with van der Waals surface area (Å²) >= 11 is 0. The summed E-state index contributed by atoms with van der Waals surface area (Å²) < 4.78 is 15.7. The van der Waals surface area contributed by atoms with Gasteiger partial charge in [0, 0.05) is 12.8 Å². The van der Waals surface area contributed by atoms with Crippen LogP contribution < -0.4 is 9.47 Å². The van der Waals surface area contributed by atoms with Gasteiger partial charge in [0.2, 0.25) is 0 Å². The van der Waals surface area contributed by atoms with E-state index in [1.54, 1.807) is 24.3 Å². The molecule has 0 radical (unpaired) electrons. The summed E-state index contributed by atoms with van der Waals surface area (Å²) in [5.41, 5.74) is 0. The molecule has 0 fully saturated rings. The Labute approximate surface area is 144 Å². The first-order chi connectivity index (χ1) is 11.6. The van der Waals surface area contributed by atoms with E-state index in [1.807, 2.05) is 6.92 Å². The van der Waals surface area contributed by atoms with Crippen LogP contribution in [0.2, 0.25) is 0 Å². The van der Waals surface area contributed by atoms with Crippen LogP contribution in [-0.2, 0) is 14.3 Å². The Bertz CT molecular complexity index is 512. The molecule has 0 aliphatic carbocycles. The van der Waals surface area contributed by atoms with Crippen molar-refractivity contribution in [1.29, 1.82) is 0 Å². The first kappa shape index (κ1) is 20.0. The van der Waals surface area contributed by atoms with Gasteiger partial charge in [0.25, 0.3) is 0 Å². The van der Waals surface area contributed by atoms with Crippen molar-refractivity contribution < 1.29 is 23.8 Å². The molecule has 134 valence electrons. The third-order valence-corrected chi connectivity index (χ3v) is 3.60. The maximum absolute atomic E-state index is 11.8. The van der Waals surface area contributed by atoms with E-state index in [-0.39, 0.29) is 30.9 Å². The topological polar surface area (TPSA) is 61.8 Å². The average molecular weight is 336 g/mol. The van der Waals surface area contributed by atoms with E-state index in [4.69, 9.17) is 14.2 Å². The molecule has 0 spiro atoms. The minimum absolute atomic E-state index is 0.0652. The van der Waals surface area contributed by atoms with Gasteiger partial charge in [-0.15, -0.1) is 0 Å². The molecule has 5 nitrogen and oxygen atoms in total. The van der Waals surface area contributed by atoms with Crippen molar-refractivity contribution in [3.63, 3.8) is 0 Å². The molecule has 1 atom stereocenters. The van der Waals surface area contributed by atoms with E-state index in [0.717, 1.165) is 25.7 Å². The van der Waals surface area contributed by atoms with Gasteiger partial charge < -0.3 is 14.2 Å². The predicted molar refractivity (Wildman–Crippen MR) is 92.2 cm³/mol. The molecule has 0 bridgehead atoms. The summed E-state index contributed by atoms with van der Waals surface area (Å²) in [5.74, 6) is 0.246. The normalized spacial score (nSPS) is 11.6. The lowest BCUT2D eigenvalue weighted by atomic mass is 10.1. The Morgan fingerprint density at radius 2 is 1.67 bits per heavy atom. The van der Waals surface area contributed by atoms with Gasteiger partial charge in [0.15, 0.2) is 11.5 Å². The molecule has 1 aromatic rings. The molecule has 0 N–H and O–H groups in total. The number of carbonyl (C=O) groups is 2. The Morgan fingerprint density at radius 1 is 1.00 bits per heavy atom. The summed E-state index contributed by atoms with van der Waals surface area (Å²) in [5, 5.41) is 0. The fourth-order valence-corrected chi connectivity index (χ4v) is 2.28. The van der Waals surface area contributed by atoms with Crippen molar-refractivity contribution in [2.75, 3.05) is 7.11 Å². The number of methoxy groups -OCH3 is 1. The van der Waals surface area contributed by atoms with Crippen LogP contribution >= 0.6 is 0 Å². The van der Waals surface area contributed by atoms with Gasteiger partial charge in [-0.05, 0) is 38.3 Å². The molecule has 1 rings (SSSR count). The number of ether oxygens (including phenoxy) is 3. The van der Waals surface area contributed by atoms with Crippen molar-refractivity contribution in [3.8, 4) is 11.5 Å². The monoisotopic (exact) mass is 336 g/mol. The predicted octanol–water partition coefficient (Wildman–Crippen LogP) is 4.28. The third-order valence-electron chi connectivity index (χ3n) is 3.60. The molecule has 24 heavy (non-hydrogen) atoms. The van der Waals surface area contributed by atoms with E-state index >= 15 is 0 Å². The standard InChI is InChI=1S/C19H28O5/c1-4-5-6-10-15(2)23-18(20)13-9-14-19(21)24-17-12-8-7-11-16(17)22-3/h7-8,11-12,15H,4-6,9-10,13-14H2,1-3H3. The molecule has 1 unspecified atom stereocenters. The minimum atomic E-state index is -0.386. The molecule has 0 amide bonds. The van der Waals surface area contributed by atoms with Crippen LogP contribution in [0.3, 0.4) is 0 Å². The summed E-state index contributed by atoms with van der Waals surface area (Å²) in [6.45, 7) is 4.05. The van der Waals surface area contributed by atoms with Gasteiger partial charge in [-0.3, -0.25) is 9.59 Å². The molecule has 5 heteroatoms. The highest BCUT2D eigenvalue weighted by molar-refractivity contribution is 5.74. The summed E-state index contributed by atoms with van der Waals surface area (Å²) in [6.07, 6.45) is 4.98. The number of hydrogen-bond donors (Lipinski definition) is 0. The second kappa shape index (κ2) is 11.5. The largest absolute Gasteiger partial charge is 0.493 e. The van der Waals surface area contributed by atoms with E-state index in [1.165, 1.54) is 7.11 Å². The van der Waals surface area contributed by atoms with Crippen LogP contribution in [0.1, 0.15) is 58.8 Å². The highest BCUT2D eigenvalue weighted by atomic mass is 16.6. The molecule has 0 heterocycles. The number of hydrogen-bond acceptors (Lipinski definition) is 5. The zero-order chi connectivity index (χ0) is 17.8. The fourth-order valence-electron chi connectivity index (χ4n) is 2.28. The Kier molecular flexibility index (Phi) is 9.58. The Morgan fingerprint density at radius 3 is 2.33 bits per heavy atom. The van der Waals surface area contributed by atoms with Gasteiger partial charge in [0.05, 0.1) is 13.2 Å². The average Bonchev–Trinajstić information content (AvgIpc) is 2.55. The van der Waals surface area contributed by atoms with Crippen molar-refractivity contribution >= 4 is 11.9 Å². The van der Waals surface area contributed by atoms with Crippen molar-refractivity contribution in [2.45, 2.75) is 64.9 Å². The molecule has 0 aromatic heterocycles. The number of unbranched alkanes of at least 4 members (excludes halogenated alkanes) is 2. The maximum Gasteiger partial charge on any atom is 0.311 e. The zero-order valence-electron chi connectivity index (χ0n) is 14.9. The van der Waals surface area contributed by atoms with E-state index in [2.05, 4.69) is 6.92 Å². The molecule has 0 saturated heterocycles. The van der Waals surface area contributed by atoms with E-state index < -0.39 is 0 Å². The smallest absolute Gasteiger partial charge is 0.311 e. The molecule has 0 saturated carbocycles. The van der Waals surface area contributed by atoms with Crippen LogP contribution in [0.4, 0.5) is 0 Å². The summed E-state index contributed by atoms with van der Waals surface area (Å²) in [7, 11) is 1.52. The Hall–Kier alpha value is -2.04. The SMILES string of the molecule is CCCCCC(C)OC(=O)CCCC(=O)Oc1ccccc1OC. The van der Waals surface area contributed by atoms with Gasteiger partial charge >= 0.3 is 11.9 Å². The van der Waals surface area contributed by atoms with Gasteiger partial charge in [-0.25, -0.2) is 0 Å². The molecular formula is C19H28O5. The highest BCUT2D eigenvalue weighted by Gasteiger charge is 2.12. The highest BCUT2D eigenvalue weighted by Crippen LogP contribution is 2.26. The molecule has 0 aliphatic rings. The van der Waals surface area contributed by atoms with Crippen molar-refractivity contribution in [2.24, 2.45) is 0 Å². The third kappa shape index (κ3) is 7.99. The maximum atomic E-state index is 11.8. The Balaban J connectivity index is 2.24. The van der Waals surface area contributed by atoms with Gasteiger partial charge in [-0.2, -0.15) is 0 Å². The van der Waals surface area contributed by atoms with E-state index in [9.17, 15) is 9.59 Å². The fraction of sp³-hybridized carbons (Fsp3) is 0.579. The minimum Gasteiger partial charge on any atom is -0.493 e. The lowest BCUT2D eigenvalue weighted by Crippen LogP contribution is -2.15. The molecular weight excluding hydrogens is 308 g/mol.